The topological polar surface area (TPSA) is 16.4 Å². The van der Waals surface area contributed by atoms with Crippen LogP contribution in [0, 0.1) is 0 Å². The predicted molar refractivity (Wildman–Crippen MR) is 235 cm³/mol. The quantitative estimate of drug-likeness (QED) is 0.170. The number of anilines is 3. The van der Waals surface area contributed by atoms with Gasteiger partial charge in [0.25, 0.3) is 0 Å². The van der Waals surface area contributed by atoms with Crippen molar-refractivity contribution >= 4 is 81.3 Å². The average molecular weight is 720 g/mol. The summed E-state index contributed by atoms with van der Waals surface area (Å²) in [4.78, 5) is 2.41. The Bertz CT molecular complexity index is 3200. The molecule has 0 aliphatic carbocycles. The molecule has 11 aromatic rings. The van der Waals surface area contributed by atoms with Crippen molar-refractivity contribution in [2.75, 3.05) is 4.90 Å². The van der Waals surface area contributed by atoms with Gasteiger partial charge < -0.3 is 9.32 Å². The molecule has 2 aromatic heterocycles. The molecule has 0 fully saturated rings. The highest BCUT2D eigenvalue weighted by molar-refractivity contribution is 7.26. The Hall–Kier alpha value is -6.94. The summed E-state index contributed by atoms with van der Waals surface area (Å²) in [5, 5.41) is 7.38. The van der Waals surface area contributed by atoms with Crippen LogP contribution in [0.5, 0.6) is 0 Å². The first-order valence-electron chi connectivity index (χ1n) is 18.7. The fourth-order valence-corrected chi connectivity index (χ4v) is 9.49. The van der Waals surface area contributed by atoms with Gasteiger partial charge in [-0.15, -0.1) is 11.3 Å². The van der Waals surface area contributed by atoms with E-state index in [4.69, 9.17) is 4.42 Å². The zero-order valence-corrected chi connectivity index (χ0v) is 30.6. The van der Waals surface area contributed by atoms with E-state index < -0.39 is 0 Å². The number of fused-ring (bicyclic) bond motifs is 7. The van der Waals surface area contributed by atoms with Crippen molar-refractivity contribution < 1.29 is 4.42 Å². The lowest BCUT2D eigenvalue weighted by atomic mass is 9.97. The standard InChI is InChI=1S/C52H33NOS/c1-2-13-40-35(11-1)12-9-17-41(40)36-25-30-39(31-26-36)53(38-28-23-34(24-29-38)37-27-32-50-47(33-37)43-15-4-7-21-49(43)54-50)48-20-6-3-14-42(48)45-18-10-19-46-44-16-5-8-22-51(44)55-52(45)46/h1-33H. The van der Waals surface area contributed by atoms with E-state index in [1.165, 1.54) is 53.2 Å². The van der Waals surface area contributed by atoms with Crippen LogP contribution in [0.15, 0.2) is 205 Å². The van der Waals surface area contributed by atoms with Gasteiger partial charge in [-0.2, -0.15) is 0 Å². The van der Waals surface area contributed by atoms with Crippen LogP contribution in [0.25, 0.3) is 86.3 Å². The van der Waals surface area contributed by atoms with Crippen molar-refractivity contribution in [3.8, 4) is 33.4 Å². The van der Waals surface area contributed by atoms with Crippen molar-refractivity contribution in [1.29, 1.82) is 0 Å². The van der Waals surface area contributed by atoms with Crippen LogP contribution in [-0.4, -0.2) is 0 Å². The molecule has 0 aliphatic heterocycles. The summed E-state index contributed by atoms with van der Waals surface area (Å²) in [6.45, 7) is 0. The summed E-state index contributed by atoms with van der Waals surface area (Å²) in [5.74, 6) is 0. The van der Waals surface area contributed by atoms with Crippen LogP contribution in [0.3, 0.4) is 0 Å². The Morgan fingerprint density at radius 2 is 0.945 bits per heavy atom. The number of thiophene rings is 1. The molecule has 9 aromatic carbocycles. The molecule has 0 radical (unpaired) electrons. The lowest BCUT2D eigenvalue weighted by Gasteiger charge is -2.28. The zero-order chi connectivity index (χ0) is 36.3. The molecule has 2 nitrogen and oxygen atoms in total. The van der Waals surface area contributed by atoms with Crippen LogP contribution in [0.2, 0.25) is 0 Å². The number of nitrogens with zero attached hydrogens (tertiary/aromatic N) is 1. The van der Waals surface area contributed by atoms with E-state index in [1.807, 2.05) is 23.5 Å². The molecule has 0 atom stereocenters. The molecule has 0 N–H and O–H groups in total. The van der Waals surface area contributed by atoms with Crippen LogP contribution in [0.4, 0.5) is 17.1 Å². The Balaban J connectivity index is 1.06. The van der Waals surface area contributed by atoms with E-state index in [0.29, 0.717) is 0 Å². The molecule has 11 rings (SSSR count). The van der Waals surface area contributed by atoms with E-state index in [0.717, 1.165) is 50.1 Å². The van der Waals surface area contributed by atoms with Gasteiger partial charge in [-0.1, -0.05) is 146 Å². The number of hydrogen-bond donors (Lipinski definition) is 0. The predicted octanol–water partition coefficient (Wildman–Crippen LogP) is 15.6. The van der Waals surface area contributed by atoms with Gasteiger partial charge in [0.1, 0.15) is 11.2 Å². The van der Waals surface area contributed by atoms with Gasteiger partial charge in [-0.05, 0) is 87.6 Å². The van der Waals surface area contributed by atoms with Gasteiger partial charge in [-0.25, -0.2) is 0 Å². The fourth-order valence-electron chi connectivity index (χ4n) is 8.26. The molecule has 2 heterocycles. The molecule has 258 valence electrons. The highest BCUT2D eigenvalue weighted by Crippen LogP contribution is 2.46. The van der Waals surface area contributed by atoms with E-state index in [2.05, 4.69) is 193 Å². The number of furan rings is 1. The van der Waals surface area contributed by atoms with Gasteiger partial charge >= 0.3 is 0 Å². The zero-order valence-electron chi connectivity index (χ0n) is 29.8. The molecule has 55 heavy (non-hydrogen) atoms. The summed E-state index contributed by atoms with van der Waals surface area (Å²) in [6.07, 6.45) is 0. The summed E-state index contributed by atoms with van der Waals surface area (Å²) in [5.41, 5.74) is 12.3. The summed E-state index contributed by atoms with van der Waals surface area (Å²) in [6, 6.07) is 72.3. The maximum atomic E-state index is 6.14. The van der Waals surface area contributed by atoms with E-state index in [9.17, 15) is 0 Å². The molecule has 0 saturated carbocycles. The Morgan fingerprint density at radius 3 is 1.80 bits per heavy atom. The molecule has 3 heteroatoms. The minimum Gasteiger partial charge on any atom is -0.456 e. The third-order valence-electron chi connectivity index (χ3n) is 10.9. The van der Waals surface area contributed by atoms with Crippen molar-refractivity contribution in [3.63, 3.8) is 0 Å². The second-order valence-electron chi connectivity index (χ2n) is 14.1. The SMILES string of the molecule is c1ccc(N(c2ccc(-c3ccc4oc5ccccc5c4c3)cc2)c2ccc(-c3cccc4ccccc34)cc2)c(-c2cccc3c2sc2ccccc23)c1. The van der Waals surface area contributed by atoms with Gasteiger partial charge in [0.05, 0.1) is 5.69 Å². The summed E-state index contributed by atoms with van der Waals surface area (Å²) >= 11 is 1.87. The molecule has 0 spiro atoms. The monoisotopic (exact) mass is 719 g/mol. The van der Waals surface area contributed by atoms with Crippen LogP contribution in [-0.2, 0) is 0 Å². The highest BCUT2D eigenvalue weighted by atomic mass is 32.1. The molecule has 0 saturated heterocycles. The van der Waals surface area contributed by atoms with E-state index in [-0.39, 0.29) is 0 Å². The molecular weight excluding hydrogens is 687 g/mol. The fraction of sp³-hybridized carbons (Fsp3) is 0. The molecule has 0 unspecified atom stereocenters. The van der Waals surface area contributed by atoms with E-state index in [1.54, 1.807) is 0 Å². The van der Waals surface area contributed by atoms with Crippen LogP contribution < -0.4 is 4.90 Å². The second-order valence-corrected chi connectivity index (χ2v) is 15.1. The lowest BCUT2D eigenvalue weighted by Crippen LogP contribution is -2.11. The number of hydrogen-bond acceptors (Lipinski definition) is 3. The van der Waals surface area contributed by atoms with Gasteiger partial charge in [0, 0.05) is 53.4 Å². The van der Waals surface area contributed by atoms with Crippen molar-refractivity contribution in [2.45, 2.75) is 0 Å². The number of rotatable bonds is 6. The maximum absolute atomic E-state index is 6.14. The average Bonchev–Trinajstić information content (AvgIpc) is 3.83. The van der Waals surface area contributed by atoms with Crippen LogP contribution in [0.1, 0.15) is 0 Å². The molecule has 0 bridgehead atoms. The largest absolute Gasteiger partial charge is 0.456 e. The summed E-state index contributed by atoms with van der Waals surface area (Å²) in [7, 11) is 0. The van der Waals surface area contributed by atoms with Crippen molar-refractivity contribution in [3.05, 3.63) is 200 Å². The van der Waals surface area contributed by atoms with Gasteiger partial charge in [0.2, 0.25) is 0 Å². The molecule has 0 amide bonds. The smallest absolute Gasteiger partial charge is 0.135 e. The first kappa shape index (κ1) is 31.6. The minimum absolute atomic E-state index is 0.907. The Kier molecular flexibility index (Phi) is 7.39. The lowest BCUT2D eigenvalue weighted by molar-refractivity contribution is 0.669. The normalized spacial score (nSPS) is 11.6. The third-order valence-corrected chi connectivity index (χ3v) is 12.1. The molecule has 0 aliphatic rings. The van der Waals surface area contributed by atoms with Crippen molar-refractivity contribution in [1.82, 2.24) is 0 Å². The minimum atomic E-state index is 0.907. The maximum Gasteiger partial charge on any atom is 0.135 e. The Morgan fingerprint density at radius 1 is 0.364 bits per heavy atom. The van der Waals surface area contributed by atoms with Crippen LogP contribution >= 0.6 is 11.3 Å². The molecular formula is C52H33NOS. The highest BCUT2D eigenvalue weighted by Gasteiger charge is 2.20. The van der Waals surface area contributed by atoms with Crippen molar-refractivity contribution in [2.24, 2.45) is 0 Å². The van der Waals surface area contributed by atoms with Gasteiger partial charge in [0.15, 0.2) is 0 Å². The summed E-state index contributed by atoms with van der Waals surface area (Å²) < 4.78 is 8.75. The van der Waals surface area contributed by atoms with Gasteiger partial charge in [-0.3, -0.25) is 0 Å². The third kappa shape index (κ3) is 5.32. The first-order valence-corrected chi connectivity index (χ1v) is 19.5. The second kappa shape index (κ2) is 12.9. The number of para-hydroxylation sites is 2. The van der Waals surface area contributed by atoms with E-state index >= 15 is 0 Å². The Labute approximate surface area is 322 Å². The first-order chi connectivity index (χ1) is 27.3. The number of benzene rings is 9.